The molecule has 0 amide bonds. The molecule has 7 nitrogen and oxygen atoms in total. The molecule has 0 bridgehead atoms. The fraction of sp³-hybridized carbons (Fsp3) is 0.360. The van der Waals surface area contributed by atoms with E-state index in [1.54, 1.807) is 12.4 Å². The van der Waals surface area contributed by atoms with Crippen LogP contribution in [0.25, 0.3) is 11.4 Å². The topological polar surface area (TPSA) is 50.8 Å². The molecule has 0 aliphatic carbocycles. The number of nitrogens with one attached hydrogen (secondary N) is 1. The molecule has 176 valence electrons. The highest BCUT2D eigenvalue weighted by Gasteiger charge is 2.38. The number of hydrogen-bond donors (Lipinski definition) is 1. The summed E-state index contributed by atoms with van der Waals surface area (Å²) < 4.78 is 28.3. The second-order valence-corrected chi connectivity index (χ2v) is 9.09. The van der Waals surface area contributed by atoms with Crippen molar-refractivity contribution < 1.29 is 8.78 Å². The highest BCUT2D eigenvalue weighted by Crippen LogP contribution is 2.40. The van der Waals surface area contributed by atoms with E-state index >= 15 is 0 Å². The zero-order chi connectivity index (χ0) is 23.1. The Hall–Kier alpha value is -3.30. The average molecular weight is 464 g/mol. The van der Waals surface area contributed by atoms with E-state index in [2.05, 4.69) is 35.5 Å². The molecule has 0 spiro atoms. The fourth-order valence-electron chi connectivity index (χ4n) is 5.42. The summed E-state index contributed by atoms with van der Waals surface area (Å²) in [7, 11) is 0. The van der Waals surface area contributed by atoms with Crippen molar-refractivity contribution in [2.45, 2.75) is 31.7 Å². The van der Waals surface area contributed by atoms with E-state index in [-0.39, 0.29) is 0 Å². The molecule has 4 aliphatic heterocycles. The second-order valence-electron chi connectivity index (χ2n) is 9.09. The quantitative estimate of drug-likeness (QED) is 0.744. The van der Waals surface area contributed by atoms with Crippen LogP contribution in [-0.4, -0.2) is 62.5 Å². The summed E-state index contributed by atoms with van der Waals surface area (Å²) in [6, 6.07) is 6.08. The van der Waals surface area contributed by atoms with E-state index in [0.29, 0.717) is 17.3 Å². The summed E-state index contributed by atoms with van der Waals surface area (Å²) >= 11 is 0. The van der Waals surface area contributed by atoms with Gasteiger partial charge in [-0.1, -0.05) is 0 Å². The van der Waals surface area contributed by atoms with E-state index < -0.39 is 11.6 Å². The molecule has 2 aromatic rings. The molecular formula is C25H27F2N7. The Labute approximate surface area is 197 Å². The van der Waals surface area contributed by atoms with Crippen molar-refractivity contribution in [1.82, 2.24) is 35.5 Å². The van der Waals surface area contributed by atoms with Crippen molar-refractivity contribution in [3.05, 3.63) is 83.6 Å². The predicted molar refractivity (Wildman–Crippen MR) is 125 cm³/mol. The average Bonchev–Trinajstić information content (AvgIpc) is 3.52. The Morgan fingerprint density at radius 2 is 1.68 bits per heavy atom. The smallest absolute Gasteiger partial charge is 0.132 e. The maximum absolute atomic E-state index is 14.1. The van der Waals surface area contributed by atoms with Gasteiger partial charge in [-0.05, 0) is 69.1 Å². The molecule has 6 rings (SSSR count). The molecule has 9 heteroatoms. The van der Waals surface area contributed by atoms with Crippen LogP contribution >= 0.6 is 0 Å². The predicted octanol–water partition coefficient (Wildman–Crippen LogP) is 3.55. The number of piperidine rings is 1. The maximum Gasteiger partial charge on any atom is 0.132 e. The third-order valence-corrected chi connectivity index (χ3v) is 7.00. The minimum atomic E-state index is -0.616. The van der Waals surface area contributed by atoms with Gasteiger partial charge in [0.2, 0.25) is 0 Å². The minimum absolute atomic E-state index is 0.437. The second kappa shape index (κ2) is 8.81. The monoisotopic (exact) mass is 463 g/mol. The standard InChI is InChI=1S/C25H27F2N7/c26-20-14-19(15-21(27)16-20)24-25(18-5-8-28-29-17-18)34-23(30-24)4-3-11-33(34)32-12-6-22(7-13-32)31-9-1-2-10-31/h3-5,8,11,14-17,22,30H,1-2,6-7,9-10,12-13H2. The summed E-state index contributed by atoms with van der Waals surface area (Å²) in [5, 5.41) is 17.9. The van der Waals surface area contributed by atoms with Crippen LogP contribution in [0.3, 0.4) is 0 Å². The first-order valence-corrected chi connectivity index (χ1v) is 11.9. The van der Waals surface area contributed by atoms with Crippen LogP contribution in [-0.2, 0) is 0 Å². The normalized spacial score (nSPS) is 21.8. The van der Waals surface area contributed by atoms with Gasteiger partial charge in [0.1, 0.15) is 17.5 Å². The highest BCUT2D eigenvalue weighted by atomic mass is 19.1. The lowest BCUT2D eigenvalue weighted by molar-refractivity contribution is -0.114. The lowest BCUT2D eigenvalue weighted by atomic mass is 10.0. The van der Waals surface area contributed by atoms with E-state index in [4.69, 9.17) is 0 Å². The molecule has 1 N–H and O–H groups in total. The Bertz CT molecular complexity index is 1130. The third kappa shape index (κ3) is 3.84. The van der Waals surface area contributed by atoms with Gasteiger partial charge in [-0.3, -0.25) is 0 Å². The molecule has 0 unspecified atom stereocenters. The van der Waals surface area contributed by atoms with Gasteiger partial charge in [0.05, 0.1) is 23.8 Å². The molecule has 4 aliphatic rings. The van der Waals surface area contributed by atoms with Crippen molar-refractivity contribution in [2.24, 2.45) is 0 Å². The van der Waals surface area contributed by atoms with Crippen molar-refractivity contribution in [3.63, 3.8) is 0 Å². The van der Waals surface area contributed by atoms with Gasteiger partial charge in [-0.15, -0.1) is 0 Å². The van der Waals surface area contributed by atoms with E-state index in [1.807, 2.05) is 24.4 Å². The van der Waals surface area contributed by atoms with Crippen LogP contribution < -0.4 is 5.32 Å². The molecule has 1 aromatic carbocycles. The fourth-order valence-corrected chi connectivity index (χ4v) is 5.42. The number of fused-ring (bicyclic) bond motifs is 1. The van der Waals surface area contributed by atoms with Crippen molar-refractivity contribution in [3.8, 4) is 0 Å². The van der Waals surface area contributed by atoms with Crippen LogP contribution in [0.2, 0.25) is 0 Å². The van der Waals surface area contributed by atoms with Crippen LogP contribution in [0.5, 0.6) is 0 Å². The molecule has 1 aromatic heterocycles. The number of hydrogen-bond acceptors (Lipinski definition) is 7. The number of benzene rings is 1. The van der Waals surface area contributed by atoms with Gasteiger partial charge in [0.25, 0.3) is 0 Å². The Morgan fingerprint density at radius 3 is 2.38 bits per heavy atom. The molecule has 2 saturated heterocycles. The number of nitrogens with zero attached hydrogens (tertiary/aromatic N) is 6. The largest absolute Gasteiger partial charge is 0.338 e. The highest BCUT2D eigenvalue weighted by molar-refractivity contribution is 5.92. The zero-order valence-corrected chi connectivity index (χ0v) is 18.9. The number of hydrazine groups is 2. The summed E-state index contributed by atoms with van der Waals surface area (Å²) in [5.41, 5.74) is 2.64. The molecule has 0 radical (unpaired) electrons. The number of aromatic nitrogens is 2. The van der Waals surface area contributed by atoms with Gasteiger partial charge in [-0.2, -0.15) is 10.2 Å². The molecular weight excluding hydrogens is 436 g/mol. The van der Waals surface area contributed by atoms with Crippen LogP contribution in [0.4, 0.5) is 8.78 Å². The van der Waals surface area contributed by atoms with E-state index in [1.165, 1.54) is 38.1 Å². The molecule has 2 fully saturated rings. The van der Waals surface area contributed by atoms with Gasteiger partial charge in [-0.25, -0.2) is 23.9 Å². The molecule has 5 heterocycles. The maximum atomic E-state index is 14.1. The molecule has 0 atom stereocenters. The first-order chi connectivity index (χ1) is 16.7. The lowest BCUT2D eigenvalue weighted by Crippen LogP contribution is -2.54. The number of allylic oxidation sites excluding steroid dienone is 2. The van der Waals surface area contributed by atoms with Gasteiger partial charge < -0.3 is 10.2 Å². The first-order valence-electron chi connectivity index (χ1n) is 11.9. The number of likely N-dealkylation sites (tertiary alicyclic amines) is 1. The summed E-state index contributed by atoms with van der Waals surface area (Å²) in [6.07, 6.45) is 14.1. The first kappa shape index (κ1) is 21.2. The van der Waals surface area contributed by atoms with Gasteiger partial charge >= 0.3 is 0 Å². The minimum Gasteiger partial charge on any atom is -0.338 e. The Balaban J connectivity index is 1.35. The lowest BCUT2D eigenvalue weighted by Gasteiger charge is -2.46. The van der Waals surface area contributed by atoms with Crippen molar-refractivity contribution in [2.75, 3.05) is 26.2 Å². The molecule has 0 saturated carbocycles. The van der Waals surface area contributed by atoms with Crippen LogP contribution in [0.15, 0.2) is 60.8 Å². The Morgan fingerprint density at radius 1 is 0.912 bits per heavy atom. The summed E-state index contributed by atoms with van der Waals surface area (Å²) in [6.45, 7) is 4.29. The van der Waals surface area contributed by atoms with Gasteiger partial charge in [0, 0.05) is 42.5 Å². The van der Waals surface area contributed by atoms with Crippen molar-refractivity contribution >= 4 is 11.4 Å². The third-order valence-electron chi connectivity index (χ3n) is 7.00. The van der Waals surface area contributed by atoms with E-state index in [0.717, 1.165) is 49.1 Å². The van der Waals surface area contributed by atoms with E-state index in [9.17, 15) is 8.78 Å². The summed E-state index contributed by atoms with van der Waals surface area (Å²) in [4.78, 5) is 2.64. The number of rotatable bonds is 4. The van der Waals surface area contributed by atoms with Crippen LogP contribution in [0, 0.1) is 11.6 Å². The zero-order valence-electron chi connectivity index (χ0n) is 18.9. The van der Waals surface area contributed by atoms with Crippen LogP contribution in [0.1, 0.15) is 36.8 Å². The number of halogens is 2. The van der Waals surface area contributed by atoms with Crippen molar-refractivity contribution in [1.29, 1.82) is 0 Å². The van der Waals surface area contributed by atoms with Gasteiger partial charge in [0.15, 0.2) is 0 Å². The SMILES string of the molecule is Fc1cc(F)cc(C2=C(c3ccnnc3)N3C(=CC=CN3N3CCC(N4CCCC4)CC3)N2)c1. The molecule has 34 heavy (non-hydrogen) atoms. The summed E-state index contributed by atoms with van der Waals surface area (Å²) in [5.74, 6) is -0.417. The Kier molecular flexibility index (Phi) is 5.50.